The minimum Gasteiger partial charge on any atom is -0.384 e. The van der Waals surface area contributed by atoms with Gasteiger partial charge in [0.25, 0.3) is 0 Å². The number of fused-ring (bicyclic) bond motifs is 1. The van der Waals surface area contributed by atoms with Crippen LogP contribution in [0, 0.1) is 0 Å². The van der Waals surface area contributed by atoms with Gasteiger partial charge in [-0.3, -0.25) is 0 Å². The number of carbonyl (C=O) groups excluding carboxylic acids is 2. The SMILES string of the molecule is O=C1OC(=O)c2nscc21. The van der Waals surface area contributed by atoms with E-state index in [1.54, 1.807) is 0 Å². The van der Waals surface area contributed by atoms with Gasteiger partial charge in [-0.2, -0.15) is 4.37 Å². The maximum Gasteiger partial charge on any atom is 0.366 e. The number of rotatable bonds is 0. The van der Waals surface area contributed by atoms with Crippen molar-refractivity contribution in [1.82, 2.24) is 4.37 Å². The highest BCUT2D eigenvalue weighted by molar-refractivity contribution is 7.04. The standard InChI is InChI=1S/C5HNO3S/c7-4-2-1-10-6-3(2)5(8)9-4/h1H. The number of aromatic nitrogens is 1. The highest BCUT2D eigenvalue weighted by Crippen LogP contribution is 2.19. The Morgan fingerprint density at radius 3 is 2.90 bits per heavy atom. The Morgan fingerprint density at radius 1 is 1.40 bits per heavy atom. The van der Waals surface area contributed by atoms with E-state index in [1.165, 1.54) is 5.38 Å². The first-order valence-electron chi connectivity index (χ1n) is 2.50. The van der Waals surface area contributed by atoms with E-state index in [9.17, 15) is 9.59 Å². The van der Waals surface area contributed by atoms with E-state index in [1.807, 2.05) is 0 Å². The van der Waals surface area contributed by atoms with Gasteiger partial charge in [-0.25, -0.2) is 9.59 Å². The number of hydrogen-bond donors (Lipinski definition) is 0. The third-order valence-corrected chi connectivity index (χ3v) is 1.80. The number of hydrogen-bond acceptors (Lipinski definition) is 5. The van der Waals surface area contributed by atoms with Gasteiger partial charge < -0.3 is 4.74 Å². The molecule has 1 aliphatic rings. The van der Waals surface area contributed by atoms with Crippen LogP contribution in [-0.2, 0) is 4.74 Å². The molecule has 0 N–H and O–H groups in total. The Hall–Kier alpha value is -1.23. The van der Waals surface area contributed by atoms with Crippen LogP contribution >= 0.6 is 11.5 Å². The Kier molecular flexibility index (Phi) is 0.906. The lowest BCUT2D eigenvalue weighted by Gasteiger charge is -1.82. The molecule has 10 heavy (non-hydrogen) atoms. The van der Waals surface area contributed by atoms with Gasteiger partial charge in [-0.15, -0.1) is 0 Å². The number of esters is 2. The number of ether oxygens (including phenoxy) is 1. The largest absolute Gasteiger partial charge is 0.384 e. The molecule has 0 radical (unpaired) electrons. The van der Waals surface area contributed by atoms with Gasteiger partial charge in [0.2, 0.25) is 0 Å². The van der Waals surface area contributed by atoms with Gasteiger partial charge in [0.1, 0.15) is 5.56 Å². The number of cyclic esters (lactones) is 2. The molecule has 1 aliphatic heterocycles. The molecule has 5 heteroatoms. The predicted molar refractivity (Wildman–Crippen MR) is 31.9 cm³/mol. The predicted octanol–water partition coefficient (Wildman–Crippen LogP) is 0.454. The molecule has 1 aromatic heterocycles. The van der Waals surface area contributed by atoms with Gasteiger partial charge in [-0.1, -0.05) is 0 Å². The van der Waals surface area contributed by atoms with Crippen LogP contribution in [0.4, 0.5) is 0 Å². The van der Waals surface area contributed by atoms with Crippen molar-refractivity contribution in [3.05, 3.63) is 16.6 Å². The molecule has 0 spiro atoms. The van der Waals surface area contributed by atoms with Crippen LogP contribution < -0.4 is 0 Å². The fraction of sp³-hybridized carbons (Fsp3) is 0. The van der Waals surface area contributed by atoms with Crippen molar-refractivity contribution in [2.75, 3.05) is 0 Å². The summed E-state index contributed by atoms with van der Waals surface area (Å²) < 4.78 is 7.91. The summed E-state index contributed by atoms with van der Waals surface area (Å²) in [7, 11) is 0. The fourth-order valence-electron chi connectivity index (χ4n) is 0.716. The summed E-state index contributed by atoms with van der Waals surface area (Å²) in [6, 6.07) is 0. The summed E-state index contributed by atoms with van der Waals surface area (Å²) in [5.41, 5.74) is 0.435. The summed E-state index contributed by atoms with van der Waals surface area (Å²) in [5.74, 6) is -1.23. The molecule has 0 fully saturated rings. The topological polar surface area (TPSA) is 56.3 Å². The first-order chi connectivity index (χ1) is 4.79. The maximum absolute atomic E-state index is 10.7. The van der Waals surface area contributed by atoms with Crippen LogP contribution in [0.3, 0.4) is 0 Å². The Bertz CT molecular complexity index is 288. The van der Waals surface area contributed by atoms with Crippen LogP contribution in [-0.4, -0.2) is 16.3 Å². The van der Waals surface area contributed by atoms with Gasteiger partial charge in [0.15, 0.2) is 5.69 Å². The summed E-state index contributed by atoms with van der Waals surface area (Å²) in [6.07, 6.45) is 0. The van der Waals surface area contributed by atoms with Gasteiger partial charge in [-0.05, 0) is 11.5 Å². The second kappa shape index (κ2) is 1.63. The van der Waals surface area contributed by atoms with E-state index < -0.39 is 11.9 Å². The molecule has 2 heterocycles. The quantitative estimate of drug-likeness (QED) is 0.403. The first kappa shape index (κ1) is 5.55. The van der Waals surface area contributed by atoms with Gasteiger partial charge in [0, 0.05) is 5.38 Å². The van der Waals surface area contributed by atoms with E-state index in [0.29, 0.717) is 0 Å². The molecule has 0 aliphatic carbocycles. The van der Waals surface area contributed by atoms with Crippen LogP contribution in [0.2, 0.25) is 0 Å². The molecule has 1 aromatic rings. The zero-order valence-electron chi connectivity index (χ0n) is 4.66. The van der Waals surface area contributed by atoms with Crippen molar-refractivity contribution >= 4 is 23.5 Å². The van der Waals surface area contributed by atoms with Crippen molar-refractivity contribution in [2.24, 2.45) is 0 Å². The lowest BCUT2D eigenvalue weighted by molar-refractivity contribution is 0.0441. The summed E-state index contributed by atoms with van der Waals surface area (Å²) in [4.78, 5) is 21.3. The van der Waals surface area contributed by atoms with Crippen molar-refractivity contribution in [2.45, 2.75) is 0 Å². The summed E-state index contributed by atoms with van der Waals surface area (Å²) in [6.45, 7) is 0. The minimum atomic E-state index is -0.638. The Labute approximate surface area is 59.6 Å². The lowest BCUT2D eigenvalue weighted by atomic mass is 10.3. The smallest absolute Gasteiger partial charge is 0.366 e. The molecular weight excluding hydrogens is 154 g/mol. The van der Waals surface area contributed by atoms with Crippen LogP contribution in [0.15, 0.2) is 5.38 Å². The average molecular weight is 155 g/mol. The average Bonchev–Trinajstić information content (AvgIpc) is 2.39. The van der Waals surface area contributed by atoms with Crippen LogP contribution in [0.1, 0.15) is 20.8 Å². The highest BCUT2D eigenvalue weighted by Gasteiger charge is 2.32. The second-order valence-electron chi connectivity index (χ2n) is 1.75. The normalized spacial score (nSPS) is 15.2. The zero-order valence-corrected chi connectivity index (χ0v) is 5.47. The van der Waals surface area contributed by atoms with Crippen molar-refractivity contribution in [3.63, 3.8) is 0 Å². The summed E-state index contributed by atoms with van der Waals surface area (Å²) in [5, 5.41) is 1.50. The van der Waals surface area contributed by atoms with E-state index >= 15 is 0 Å². The Morgan fingerprint density at radius 2 is 2.20 bits per heavy atom. The molecule has 50 valence electrons. The molecule has 0 saturated carbocycles. The molecule has 0 amide bonds. The van der Waals surface area contributed by atoms with Crippen LogP contribution in [0.25, 0.3) is 0 Å². The Balaban J connectivity index is 2.69. The molecule has 0 bridgehead atoms. The van der Waals surface area contributed by atoms with Gasteiger partial charge in [0.05, 0.1) is 0 Å². The summed E-state index contributed by atoms with van der Waals surface area (Å²) >= 11 is 1.08. The van der Waals surface area contributed by atoms with Crippen molar-refractivity contribution < 1.29 is 14.3 Å². The molecule has 0 aromatic carbocycles. The maximum atomic E-state index is 10.7. The van der Waals surface area contributed by atoms with E-state index in [2.05, 4.69) is 9.11 Å². The van der Waals surface area contributed by atoms with Crippen LogP contribution in [0.5, 0.6) is 0 Å². The molecule has 0 unspecified atom stereocenters. The third kappa shape index (κ3) is 0.522. The molecule has 2 rings (SSSR count). The van der Waals surface area contributed by atoms with Crippen molar-refractivity contribution in [3.8, 4) is 0 Å². The van der Waals surface area contributed by atoms with E-state index in [0.717, 1.165) is 11.5 Å². The number of nitrogens with zero attached hydrogens (tertiary/aromatic N) is 1. The zero-order chi connectivity index (χ0) is 7.14. The second-order valence-corrected chi connectivity index (χ2v) is 2.38. The lowest BCUT2D eigenvalue weighted by Crippen LogP contribution is -1.98. The number of carbonyl (C=O) groups is 2. The highest BCUT2D eigenvalue weighted by atomic mass is 32.1. The molecule has 0 saturated heterocycles. The molecule has 0 atom stereocenters. The van der Waals surface area contributed by atoms with Crippen molar-refractivity contribution in [1.29, 1.82) is 0 Å². The molecule has 4 nitrogen and oxygen atoms in total. The fourth-order valence-corrected chi connectivity index (χ4v) is 1.36. The van der Waals surface area contributed by atoms with E-state index in [-0.39, 0.29) is 11.3 Å². The monoisotopic (exact) mass is 155 g/mol. The first-order valence-corrected chi connectivity index (χ1v) is 3.33. The third-order valence-electron chi connectivity index (χ3n) is 1.17. The molecular formula is C5HNO3S. The minimum absolute atomic E-state index is 0.148. The van der Waals surface area contributed by atoms with E-state index in [4.69, 9.17) is 0 Å². The van der Waals surface area contributed by atoms with Gasteiger partial charge >= 0.3 is 11.9 Å².